The van der Waals surface area contributed by atoms with E-state index in [-0.39, 0.29) is 5.92 Å². The Labute approximate surface area is 193 Å². The summed E-state index contributed by atoms with van der Waals surface area (Å²) in [7, 11) is 1.76. The van der Waals surface area contributed by atoms with Crippen LogP contribution >= 0.6 is 0 Å². The fraction of sp³-hybridized carbons (Fsp3) is 0.542. The zero-order valence-corrected chi connectivity index (χ0v) is 20.0. The van der Waals surface area contributed by atoms with Crippen LogP contribution in [0.5, 0.6) is 0 Å². The van der Waals surface area contributed by atoms with Crippen LogP contribution in [0, 0.1) is 5.92 Å². The Morgan fingerprint density at radius 3 is 2.33 bits per heavy atom. The first-order valence-electron chi connectivity index (χ1n) is 11.0. The van der Waals surface area contributed by atoms with Gasteiger partial charge in [0.2, 0.25) is 5.91 Å². The van der Waals surface area contributed by atoms with Gasteiger partial charge >= 0.3 is 5.97 Å². The number of rotatable bonds is 9. The van der Waals surface area contributed by atoms with Crippen molar-refractivity contribution >= 4 is 28.7 Å². The van der Waals surface area contributed by atoms with Gasteiger partial charge in [-0.2, -0.15) is 0 Å². The zero-order chi connectivity index (χ0) is 24.9. The Morgan fingerprint density at radius 1 is 1.15 bits per heavy atom. The number of benzene rings is 1. The number of ether oxygens (including phenoxy) is 1. The van der Waals surface area contributed by atoms with Crippen molar-refractivity contribution < 1.29 is 28.6 Å². The molecule has 1 heterocycles. The second-order valence-electron chi connectivity index (χ2n) is 9.47. The summed E-state index contributed by atoms with van der Waals surface area (Å²) in [6, 6.07) is 7.08. The first-order chi connectivity index (χ1) is 15.3. The Bertz CT molecular complexity index is 996. The second kappa shape index (κ2) is 10.8. The van der Waals surface area contributed by atoms with Crippen LogP contribution in [0.2, 0.25) is 0 Å². The van der Waals surface area contributed by atoms with Crippen LogP contribution in [-0.2, 0) is 21.4 Å². The third kappa shape index (κ3) is 7.02. The predicted molar refractivity (Wildman–Crippen MR) is 123 cm³/mol. The van der Waals surface area contributed by atoms with E-state index in [0.717, 1.165) is 10.9 Å². The summed E-state index contributed by atoms with van der Waals surface area (Å²) < 4.78 is 20.1. The normalized spacial score (nSPS) is 14.6. The average molecular weight is 464 g/mol. The molecule has 1 aromatic heterocycles. The van der Waals surface area contributed by atoms with Crippen LogP contribution in [0.15, 0.2) is 30.3 Å². The van der Waals surface area contributed by atoms with Gasteiger partial charge in [0.15, 0.2) is 0 Å². The number of esters is 1. The highest BCUT2D eigenvalue weighted by Gasteiger charge is 2.32. The molecule has 33 heavy (non-hydrogen) atoms. The molecule has 0 bridgehead atoms. The smallest absolute Gasteiger partial charge is 0.308 e. The number of aryl methyl sites for hydroxylation is 1. The molecule has 9 heteroatoms. The molecule has 1 aromatic carbocycles. The number of aliphatic hydroxyl groups excluding tert-OH is 1. The highest BCUT2D eigenvalue weighted by molar-refractivity contribution is 6.00. The number of aromatic nitrogens is 1. The molecule has 8 nitrogen and oxygen atoms in total. The molecule has 0 saturated carbocycles. The predicted octanol–water partition coefficient (Wildman–Crippen LogP) is 2.48. The average Bonchev–Trinajstić information content (AvgIpc) is 3.06. The van der Waals surface area contributed by atoms with E-state index >= 15 is 0 Å². The van der Waals surface area contributed by atoms with Gasteiger partial charge in [-0.15, -0.1) is 0 Å². The van der Waals surface area contributed by atoms with Crippen molar-refractivity contribution in [1.82, 2.24) is 15.2 Å². The fourth-order valence-electron chi connectivity index (χ4n) is 3.48. The van der Waals surface area contributed by atoms with Gasteiger partial charge in [0.25, 0.3) is 5.91 Å². The molecule has 2 amide bonds. The topological polar surface area (TPSA) is 110 Å². The zero-order valence-electron chi connectivity index (χ0n) is 20.0. The number of aliphatic hydroxyl groups is 1. The summed E-state index contributed by atoms with van der Waals surface area (Å²) in [5.41, 5.74) is 0.486. The highest BCUT2D eigenvalue weighted by Crippen LogP contribution is 2.19. The van der Waals surface area contributed by atoms with E-state index in [1.807, 2.05) is 24.3 Å². The molecule has 0 radical (unpaired) electrons. The number of halogens is 1. The molecule has 0 saturated heterocycles. The lowest BCUT2D eigenvalue weighted by atomic mass is 10.0. The molecule has 182 valence electrons. The minimum Gasteiger partial charge on any atom is -0.460 e. The van der Waals surface area contributed by atoms with E-state index in [2.05, 4.69) is 10.6 Å². The number of nitrogens with zero attached hydrogens (tertiary/aromatic N) is 1. The number of nitrogens with one attached hydrogen (secondary N) is 2. The first-order valence-corrected chi connectivity index (χ1v) is 11.0. The standard InChI is InChI=1S/C24H34FN3O5/c1-14(2)21(27-22(31)18-11-15-9-7-8-10-17(15)28(18)6)23(32)26-16(19(29)13-25)12-20(30)33-24(3,4)5/h7-11,14,16,19,21,29H,12-13H2,1-6H3,(H,26,32)(H,27,31)/t16?,19?,21-/m0/s1. The van der Waals surface area contributed by atoms with E-state index in [1.54, 1.807) is 52.3 Å². The number of alkyl halides is 1. The minimum atomic E-state index is -1.59. The largest absolute Gasteiger partial charge is 0.460 e. The SMILES string of the molecule is CC(C)[C@H](NC(=O)c1cc2ccccc2n1C)C(=O)NC(CC(=O)OC(C)(C)C)C(O)CF. The van der Waals surface area contributed by atoms with Gasteiger partial charge in [-0.1, -0.05) is 32.0 Å². The monoisotopic (exact) mass is 463 g/mol. The van der Waals surface area contributed by atoms with Crippen molar-refractivity contribution in [2.24, 2.45) is 13.0 Å². The summed E-state index contributed by atoms with van der Waals surface area (Å²) in [6.07, 6.45) is -2.00. The second-order valence-corrected chi connectivity index (χ2v) is 9.47. The third-order valence-corrected chi connectivity index (χ3v) is 5.18. The van der Waals surface area contributed by atoms with Crippen molar-refractivity contribution in [1.29, 1.82) is 0 Å². The number of fused-ring (bicyclic) bond motifs is 1. The van der Waals surface area contributed by atoms with E-state index in [9.17, 15) is 23.9 Å². The van der Waals surface area contributed by atoms with Gasteiger partial charge < -0.3 is 25.0 Å². The summed E-state index contributed by atoms with van der Waals surface area (Å²) in [5.74, 6) is -2.07. The fourth-order valence-corrected chi connectivity index (χ4v) is 3.48. The minimum absolute atomic E-state index is 0.312. The van der Waals surface area contributed by atoms with Gasteiger partial charge in [-0.3, -0.25) is 14.4 Å². The Kier molecular flexibility index (Phi) is 8.60. The van der Waals surface area contributed by atoms with E-state index < -0.39 is 54.7 Å². The Balaban J connectivity index is 2.17. The molecule has 0 aliphatic heterocycles. The molecule has 0 spiro atoms. The van der Waals surface area contributed by atoms with Crippen molar-refractivity contribution in [2.45, 2.75) is 64.8 Å². The van der Waals surface area contributed by atoms with Crippen LogP contribution < -0.4 is 10.6 Å². The maximum atomic E-state index is 13.2. The van der Waals surface area contributed by atoms with Gasteiger partial charge in [-0.25, -0.2) is 4.39 Å². The summed E-state index contributed by atoms with van der Waals surface area (Å²) in [4.78, 5) is 38.1. The van der Waals surface area contributed by atoms with E-state index in [4.69, 9.17) is 4.74 Å². The number of carbonyl (C=O) groups excluding carboxylic acids is 3. The first kappa shape index (κ1) is 26.3. The number of hydrogen-bond donors (Lipinski definition) is 3. The molecule has 3 atom stereocenters. The van der Waals surface area contributed by atoms with Crippen molar-refractivity contribution in [3.05, 3.63) is 36.0 Å². The molecule has 2 aromatic rings. The summed E-state index contributed by atoms with van der Waals surface area (Å²) in [6.45, 7) is 7.40. The van der Waals surface area contributed by atoms with Crippen molar-refractivity contribution in [3.8, 4) is 0 Å². The van der Waals surface area contributed by atoms with Gasteiger partial charge in [0.05, 0.1) is 12.5 Å². The lowest BCUT2D eigenvalue weighted by Crippen LogP contribution is -2.55. The highest BCUT2D eigenvalue weighted by atomic mass is 19.1. The number of para-hydroxylation sites is 1. The lowest BCUT2D eigenvalue weighted by Gasteiger charge is -2.28. The van der Waals surface area contributed by atoms with Gasteiger partial charge in [-0.05, 0) is 38.8 Å². The molecule has 3 N–H and O–H groups in total. The van der Waals surface area contributed by atoms with Crippen LogP contribution in [0.1, 0.15) is 51.5 Å². The number of hydrogen-bond acceptors (Lipinski definition) is 5. The molecular weight excluding hydrogens is 429 g/mol. The lowest BCUT2D eigenvalue weighted by molar-refractivity contribution is -0.156. The molecular formula is C24H34FN3O5. The van der Waals surface area contributed by atoms with Crippen LogP contribution in [0.4, 0.5) is 4.39 Å². The molecule has 0 aliphatic rings. The number of amides is 2. The van der Waals surface area contributed by atoms with Crippen LogP contribution in [0.3, 0.4) is 0 Å². The van der Waals surface area contributed by atoms with Crippen LogP contribution in [-0.4, -0.2) is 57.9 Å². The van der Waals surface area contributed by atoms with Crippen molar-refractivity contribution in [3.63, 3.8) is 0 Å². The molecule has 0 aliphatic carbocycles. The Hall–Kier alpha value is -2.94. The van der Waals surface area contributed by atoms with Crippen molar-refractivity contribution in [2.75, 3.05) is 6.67 Å². The summed E-state index contributed by atoms with van der Waals surface area (Å²) >= 11 is 0. The number of carbonyl (C=O) groups is 3. The molecule has 2 unspecified atom stereocenters. The molecule has 2 rings (SSSR count). The van der Waals surface area contributed by atoms with E-state index in [1.165, 1.54) is 0 Å². The van der Waals surface area contributed by atoms with Gasteiger partial charge in [0, 0.05) is 18.0 Å². The third-order valence-electron chi connectivity index (χ3n) is 5.18. The molecule has 0 fully saturated rings. The Morgan fingerprint density at radius 2 is 1.79 bits per heavy atom. The quantitative estimate of drug-likeness (QED) is 0.495. The van der Waals surface area contributed by atoms with Crippen LogP contribution in [0.25, 0.3) is 10.9 Å². The maximum Gasteiger partial charge on any atom is 0.308 e. The maximum absolute atomic E-state index is 13.2. The summed E-state index contributed by atoms with van der Waals surface area (Å²) in [5, 5.41) is 16.1. The van der Waals surface area contributed by atoms with Gasteiger partial charge in [0.1, 0.15) is 30.1 Å². The van der Waals surface area contributed by atoms with E-state index in [0.29, 0.717) is 5.69 Å².